The second-order valence-corrected chi connectivity index (χ2v) is 8.29. The zero-order valence-corrected chi connectivity index (χ0v) is 17.9. The molecule has 3 heterocycles. The molecule has 0 radical (unpaired) electrons. The predicted molar refractivity (Wildman–Crippen MR) is 119 cm³/mol. The molecular formula is C26H21FN2O4. The van der Waals surface area contributed by atoms with Gasteiger partial charge >= 0.3 is 0 Å². The number of ketones is 1. The van der Waals surface area contributed by atoms with Gasteiger partial charge in [-0.1, -0.05) is 18.2 Å². The number of aliphatic hydroxyl groups excluding tert-OH is 1. The first-order chi connectivity index (χ1) is 15.9. The first-order valence-corrected chi connectivity index (χ1v) is 10.6. The molecule has 0 aliphatic carbocycles. The van der Waals surface area contributed by atoms with Gasteiger partial charge < -0.3 is 14.7 Å². The molecule has 3 aromatic rings. The van der Waals surface area contributed by atoms with E-state index in [1.54, 1.807) is 42.7 Å². The molecule has 5 rings (SSSR count). The lowest BCUT2D eigenvalue weighted by atomic mass is 9.94. The van der Waals surface area contributed by atoms with Crippen LogP contribution in [0.15, 0.2) is 72.6 Å². The number of likely N-dealkylation sites (tertiary alicyclic amines) is 1. The number of halogens is 1. The summed E-state index contributed by atoms with van der Waals surface area (Å²) in [5, 5.41) is 11.2. The van der Waals surface area contributed by atoms with Gasteiger partial charge in [0.05, 0.1) is 11.6 Å². The second-order valence-electron chi connectivity index (χ2n) is 8.29. The number of pyridine rings is 1. The number of aliphatic hydroxyl groups is 1. The molecule has 2 aliphatic rings. The molecule has 33 heavy (non-hydrogen) atoms. The summed E-state index contributed by atoms with van der Waals surface area (Å²) in [4.78, 5) is 31.6. The van der Waals surface area contributed by atoms with Gasteiger partial charge in [-0.2, -0.15) is 0 Å². The number of ether oxygens (including phenoxy) is 1. The molecule has 166 valence electrons. The summed E-state index contributed by atoms with van der Waals surface area (Å²) in [6.45, 7) is 2.07. The van der Waals surface area contributed by atoms with Crippen molar-refractivity contribution in [3.05, 3.63) is 101 Å². The lowest BCUT2D eigenvalue weighted by molar-refractivity contribution is -0.140. The van der Waals surface area contributed by atoms with Crippen molar-refractivity contribution in [2.24, 2.45) is 0 Å². The Balaban J connectivity index is 1.62. The topological polar surface area (TPSA) is 79.7 Å². The van der Waals surface area contributed by atoms with Gasteiger partial charge in [-0.15, -0.1) is 0 Å². The summed E-state index contributed by atoms with van der Waals surface area (Å²) >= 11 is 0. The Morgan fingerprint density at radius 2 is 1.97 bits per heavy atom. The summed E-state index contributed by atoms with van der Waals surface area (Å²) in [5.74, 6) is -1.47. The van der Waals surface area contributed by atoms with Crippen molar-refractivity contribution in [2.75, 3.05) is 0 Å². The van der Waals surface area contributed by atoms with Crippen LogP contribution in [-0.4, -0.2) is 32.8 Å². The van der Waals surface area contributed by atoms with Crippen molar-refractivity contribution in [3.8, 4) is 5.75 Å². The van der Waals surface area contributed by atoms with Gasteiger partial charge in [0.1, 0.15) is 23.4 Å². The van der Waals surface area contributed by atoms with E-state index in [0.29, 0.717) is 17.5 Å². The smallest absolute Gasteiger partial charge is 0.295 e. The van der Waals surface area contributed by atoms with E-state index in [1.807, 2.05) is 6.92 Å². The number of hydrogen-bond acceptors (Lipinski definition) is 5. The molecule has 0 unspecified atom stereocenters. The third-order valence-electron chi connectivity index (χ3n) is 5.97. The van der Waals surface area contributed by atoms with Crippen LogP contribution in [0.3, 0.4) is 0 Å². The van der Waals surface area contributed by atoms with Crippen molar-refractivity contribution >= 4 is 17.4 Å². The standard InChI is InChI=1S/C26H21FN2O4/c1-15-11-19-12-18(6-9-21(19)33-15)24(30)22-23(17-4-7-20(27)8-5-17)29(26(32)25(22)31)14-16-3-2-10-28-13-16/h2-10,12-13,15,23,30H,11,14H2,1H3/t15-,23+/m0/s1. The van der Waals surface area contributed by atoms with Gasteiger partial charge in [0.2, 0.25) is 0 Å². The van der Waals surface area contributed by atoms with E-state index < -0.39 is 23.5 Å². The summed E-state index contributed by atoms with van der Waals surface area (Å²) in [6, 6.07) is 13.5. The van der Waals surface area contributed by atoms with E-state index in [4.69, 9.17) is 4.74 Å². The highest BCUT2D eigenvalue weighted by atomic mass is 19.1. The number of rotatable bonds is 4. The molecule has 0 bridgehead atoms. The van der Waals surface area contributed by atoms with Gasteiger partial charge in [0, 0.05) is 30.9 Å². The molecular weight excluding hydrogens is 423 g/mol. The Morgan fingerprint density at radius 3 is 2.70 bits per heavy atom. The molecule has 2 aromatic carbocycles. The van der Waals surface area contributed by atoms with Crippen LogP contribution in [0.25, 0.3) is 5.76 Å². The van der Waals surface area contributed by atoms with Crippen LogP contribution in [0.4, 0.5) is 4.39 Å². The number of nitrogens with zero attached hydrogens (tertiary/aromatic N) is 2. The molecule has 7 heteroatoms. The number of carbonyl (C=O) groups excluding carboxylic acids is 2. The molecule has 1 fully saturated rings. The average molecular weight is 444 g/mol. The van der Waals surface area contributed by atoms with Crippen LogP contribution in [0.2, 0.25) is 0 Å². The zero-order chi connectivity index (χ0) is 23.1. The van der Waals surface area contributed by atoms with E-state index in [2.05, 4.69) is 4.98 Å². The molecule has 1 saturated heterocycles. The lowest BCUT2D eigenvalue weighted by Crippen LogP contribution is -2.29. The van der Waals surface area contributed by atoms with Crippen LogP contribution < -0.4 is 4.74 Å². The highest BCUT2D eigenvalue weighted by Crippen LogP contribution is 2.41. The molecule has 1 aromatic heterocycles. The summed E-state index contributed by atoms with van der Waals surface area (Å²) < 4.78 is 19.3. The maximum Gasteiger partial charge on any atom is 0.295 e. The van der Waals surface area contributed by atoms with E-state index in [9.17, 15) is 19.1 Å². The Hall–Kier alpha value is -4.00. The van der Waals surface area contributed by atoms with Gasteiger partial charge in [-0.25, -0.2) is 4.39 Å². The van der Waals surface area contributed by atoms with Crippen molar-refractivity contribution in [1.29, 1.82) is 0 Å². The van der Waals surface area contributed by atoms with Gasteiger partial charge in [0.25, 0.3) is 11.7 Å². The van der Waals surface area contributed by atoms with Gasteiger partial charge in [0.15, 0.2) is 0 Å². The number of hydrogen-bond donors (Lipinski definition) is 1. The fourth-order valence-corrected chi connectivity index (χ4v) is 4.45. The van der Waals surface area contributed by atoms with Crippen molar-refractivity contribution in [2.45, 2.75) is 32.0 Å². The zero-order valence-electron chi connectivity index (χ0n) is 17.9. The van der Waals surface area contributed by atoms with E-state index in [1.165, 1.54) is 29.2 Å². The van der Waals surface area contributed by atoms with Crippen LogP contribution in [0.5, 0.6) is 5.75 Å². The third-order valence-corrected chi connectivity index (χ3v) is 5.97. The average Bonchev–Trinajstić information content (AvgIpc) is 3.31. The number of aromatic nitrogens is 1. The Labute approximate surface area is 190 Å². The number of Topliss-reactive ketones (excluding diaryl/α,β-unsaturated/α-hetero) is 1. The van der Waals surface area contributed by atoms with Crippen molar-refractivity contribution < 1.29 is 23.8 Å². The fraction of sp³-hybridized carbons (Fsp3) is 0.192. The van der Waals surface area contributed by atoms with E-state index in [-0.39, 0.29) is 24.0 Å². The number of benzene rings is 2. The quantitative estimate of drug-likeness (QED) is 0.371. The molecule has 1 N–H and O–H groups in total. The number of carbonyl (C=O) groups is 2. The maximum absolute atomic E-state index is 13.6. The summed E-state index contributed by atoms with van der Waals surface area (Å²) in [5.41, 5.74) is 2.59. The molecule has 0 spiro atoms. The number of amides is 1. The van der Waals surface area contributed by atoms with Gasteiger partial charge in [-0.05, 0) is 60.0 Å². The molecule has 0 saturated carbocycles. The Kier molecular flexibility index (Phi) is 5.17. The molecule has 1 amide bonds. The normalized spacial score (nSPS) is 21.2. The first-order valence-electron chi connectivity index (χ1n) is 10.6. The second kappa shape index (κ2) is 8.16. The third kappa shape index (κ3) is 3.75. The molecule has 2 atom stereocenters. The maximum atomic E-state index is 13.6. The molecule has 2 aliphatic heterocycles. The van der Waals surface area contributed by atoms with Crippen molar-refractivity contribution in [3.63, 3.8) is 0 Å². The minimum Gasteiger partial charge on any atom is -0.507 e. The van der Waals surface area contributed by atoms with E-state index in [0.717, 1.165) is 16.9 Å². The highest BCUT2D eigenvalue weighted by Gasteiger charge is 2.46. The van der Waals surface area contributed by atoms with Crippen LogP contribution >= 0.6 is 0 Å². The minimum absolute atomic E-state index is 0.0255. The lowest BCUT2D eigenvalue weighted by Gasteiger charge is -2.25. The van der Waals surface area contributed by atoms with Crippen molar-refractivity contribution in [1.82, 2.24) is 9.88 Å². The summed E-state index contributed by atoms with van der Waals surface area (Å²) in [7, 11) is 0. The molecule has 6 nitrogen and oxygen atoms in total. The van der Waals surface area contributed by atoms with E-state index >= 15 is 0 Å². The largest absolute Gasteiger partial charge is 0.507 e. The van der Waals surface area contributed by atoms with Crippen LogP contribution in [-0.2, 0) is 22.6 Å². The van der Waals surface area contributed by atoms with Gasteiger partial charge in [-0.3, -0.25) is 14.6 Å². The Morgan fingerprint density at radius 1 is 1.18 bits per heavy atom. The summed E-state index contributed by atoms with van der Waals surface area (Å²) in [6.07, 6.45) is 3.95. The SMILES string of the molecule is C[C@H]1Cc2cc(C(O)=C3C(=O)C(=O)N(Cc4cccnc4)[C@@H]3c3ccc(F)cc3)ccc2O1. The minimum atomic E-state index is -0.866. The first kappa shape index (κ1) is 20.9. The Bertz CT molecular complexity index is 1270. The van der Waals surface area contributed by atoms with Crippen LogP contribution in [0.1, 0.15) is 35.2 Å². The monoisotopic (exact) mass is 444 g/mol. The van der Waals surface area contributed by atoms with Crippen LogP contribution in [0, 0.1) is 5.82 Å². The number of fused-ring (bicyclic) bond motifs is 1. The fourth-order valence-electron chi connectivity index (χ4n) is 4.45. The predicted octanol–water partition coefficient (Wildman–Crippen LogP) is 4.17. The highest BCUT2D eigenvalue weighted by molar-refractivity contribution is 6.46.